The van der Waals surface area contributed by atoms with Gasteiger partial charge in [-0.3, -0.25) is 19.2 Å². The molecule has 0 saturated heterocycles. The van der Waals surface area contributed by atoms with Gasteiger partial charge in [0.25, 0.3) is 0 Å². The minimum absolute atomic E-state index is 0.365. The summed E-state index contributed by atoms with van der Waals surface area (Å²) in [6.07, 6.45) is -0.477. The van der Waals surface area contributed by atoms with Crippen LogP contribution in [0.4, 0.5) is 0 Å². The van der Waals surface area contributed by atoms with Crippen molar-refractivity contribution in [2.45, 2.75) is 45.3 Å². The lowest BCUT2D eigenvalue weighted by atomic mass is 10.0. The van der Waals surface area contributed by atoms with Gasteiger partial charge in [0.05, 0.1) is 13.0 Å². The lowest BCUT2D eigenvalue weighted by molar-refractivity contribution is -0.143. The Bertz CT molecular complexity index is 536. The van der Waals surface area contributed by atoms with E-state index < -0.39 is 60.7 Å². The predicted molar refractivity (Wildman–Crippen MR) is 86.8 cm³/mol. The number of nitrogens with one attached hydrogen (secondary N) is 3. The molecule has 0 heterocycles. The normalized spacial score (nSPS) is 14.1. The van der Waals surface area contributed by atoms with Gasteiger partial charge in [-0.2, -0.15) is 0 Å². The third-order valence-electron chi connectivity index (χ3n) is 3.22. The van der Waals surface area contributed by atoms with Gasteiger partial charge < -0.3 is 32.5 Å². The number of hydrogen-bond donors (Lipinski definition) is 6. The van der Waals surface area contributed by atoms with Crippen LogP contribution in [0.25, 0.3) is 0 Å². The SMILES string of the molecule is CC(C)[C@H](NC(=O)[C@H](C)NC(=O)[C@H](CC(N)=O)NC(=O)CN)C(=O)O. The van der Waals surface area contributed by atoms with Crippen LogP contribution in [-0.4, -0.2) is 59.4 Å². The van der Waals surface area contributed by atoms with Gasteiger partial charge in [-0.25, -0.2) is 4.79 Å². The highest BCUT2D eigenvalue weighted by Crippen LogP contribution is 2.02. The molecule has 0 aliphatic rings. The Hall–Kier alpha value is -2.69. The van der Waals surface area contributed by atoms with Crippen molar-refractivity contribution in [1.82, 2.24) is 16.0 Å². The molecule has 3 atom stereocenters. The summed E-state index contributed by atoms with van der Waals surface area (Å²) in [4.78, 5) is 57.6. The van der Waals surface area contributed by atoms with Crippen LogP contribution in [-0.2, 0) is 24.0 Å². The zero-order valence-corrected chi connectivity index (χ0v) is 14.4. The van der Waals surface area contributed by atoms with Crippen LogP contribution >= 0.6 is 0 Å². The lowest BCUT2D eigenvalue weighted by Crippen LogP contribution is -2.56. The summed E-state index contributed by atoms with van der Waals surface area (Å²) in [5.74, 6) is -4.62. The summed E-state index contributed by atoms with van der Waals surface area (Å²) in [6.45, 7) is 4.17. The standard InChI is InChI=1S/C14H25N5O6/c1-6(2)11(14(24)25)19-12(22)7(3)17-13(23)8(4-9(16)20)18-10(21)5-15/h6-8,11H,4-5,15H2,1-3H3,(H2,16,20)(H,17,23)(H,18,21)(H,19,22)(H,24,25)/t7-,8-,11-/m0/s1. The zero-order chi connectivity index (χ0) is 19.7. The molecule has 11 nitrogen and oxygen atoms in total. The van der Waals surface area contributed by atoms with Gasteiger partial charge in [0, 0.05) is 0 Å². The van der Waals surface area contributed by atoms with Crippen molar-refractivity contribution >= 4 is 29.6 Å². The zero-order valence-electron chi connectivity index (χ0n) is 14.4. The predicted octanol–water partition coefficient (Wildman–Crippen LogP) is -2.96. The number of carboxylic acid groups (broad SMARTS) is 1. The number of carbonyl (C=O) groups excluding carboxylic acids is 4. The molecule has 0 aromatic carbocycles. The highest BCUT2D eigenvalue weighted by Gasteiger charge is 2.29. The summed E-state index contributed by atoms with van der Waals surface area (Å²) < 4.78 is 0. The van der Waals surface area contributed by atoms with Gasteiger partial charge in [-0.15, -0.1) is 0 Å². The Balaban J connectivity index is 4.91. The van der Waals surface area contributed by atoms with Gasteiger partial charge in [-0.05, 0) is 12.8 Å². The molecular weight excluding hydrogens is 334 g/mol. The van der Waals surface area contributed by atoms with E-state index in [1.54, 1.807) is 13.8 Å². The maximum Gasteiger partial charge on any atom is 0.326 e. The van der Waals surface area contributed by atoms with E-state index >= 15 is 0 Å². The van der Waals surface area contributed by atoms with Crippen molar-refractivity contribution in [3.63, 3.8) is 0 Å². The van der Waals surface area contributed by atoms with Crippen LogP contribution in [0.15, 0.2) is 0 Å². The van der Waals surface area contributed by atoms with E-state index in [1.807, 2.05) is 0 Å². The third-order valence-corrected chi connectivity index (χ3v) is 3.22. The van der Waals surface area contributed by atoms with Crippen molar-refractivity contribution in [2.24, 2.45) is 17.4 Å². The second kappa shape index (κ2) is 10.2. The molecule has 0 spiro atoms. The van der Waals surface area contributed by atoms with Crippen molar-refractivity contribution in [3.8, 4) is 0 Å². The number of primary amides is 1. The van der Waals surface area contributed by atoms with E-state index in [1.165, 1.54) is 6.92 Å². The second-order valence-electron chi connectivity index (χ2n) is 5.79. The van der Waals surface area contributed by atoms with E-state index in [0.717, 1.165) is 0 Å². The Morgan fingerprint density at radius 1 is 0.960 bits per heavy atom. The fraction of sp³-hybridized carbons (Fsp3) is 0.643. The topological polar surface area (TPSA) is 194 Å². The second-order valence-corrected chi connectivity index (χ2v) is 5.79. The molecule has 142 valence electrons. The maximum atomic E-state index is 12.1. The first-order chi connectivity index (χ1) is 11.5. The highest BCUT2D eigenvalue weighted by molar-refractivity contribution is 5.95. The fourth-order valence-electron chi connectivity index (χ4n) is 1.84. The molecule has 0 aromatic heterocycles. The molecule has 0 aliphatic carbocycles. The van der Waals surface area contributed by atoms with Crippen LogP contribution < -0.4 is 27.4 Å². The fourth-order valence-corrected chi connectivity index (χ4v) is 1.84. The van der Waals surface area contributed by atoms with E-state index in [9.17, 15) is 24.0 Å². The van der Waals surface area contributed by atoms with E-state index in [-0.39, 0.29) is 5.92 Å². The van der Waals surface area contributed by atoms with Crippen LogP contribution in [0.3, 0.4) is 0 Å². The molecular formula is C14H25N5O6. The molecule has 25 heavy (non-hydrogen) atoms. The van der Waals surface area contributed by atoms with E-state index in [4.69, 9.17) is 16.6 Å². The number of aliphatic carboxylic acids is 1. The minimum atomic E-state index is -1.29. The molecule has 11 heteroatoms. The van der Waals surface area contributed by atoms with Crippen molar-refractivity contribution in [1.29, 1.82) is 0 Å². The monoisotopic (exact) mass is 359 g/mol. The van der Waals surface area contributed by atoms with Crippen molar-refractivity contribution < 1.29 is 29.1 Å². The van der Waals surface area contributed by atoms with Gasteiger partial charge >= 0.3 is 5.97 Å². The molecule has 0 saturated carbocycles. The Morgan fingerprint density at radius 2 is 1.52 bits per heavy atom. The number of nitrogens with two attached hydrogens (primary N) is 2. The minimum Gasteiger partial charge on any atom is -0.480 e. The summed E-state index contributed by atoms with van der Waals surface area (Å²) >= 11 is 0. The molecule has 0 rings (SSSR count). The molecule has 0 fully saturated rings. The smallest absolute Gasteiger partial charge is 0.326 e. The average Bonchev–Trinajstić information content (AvgIpc) is 2.49. The summed E-state index contributed by atoms with van der Waals surface area (Å²) in [5.41, 5.74) is 10.2. The largest absolute Gasteiger partial charge is 0.480 e. The Labute approximate surface area is 144 Å². The van der Waals surface area contributed by atoms with Gasteiger partial charge in [0.1, 0.15) is 18.1 Å². The Kier molecular flexibility index (Phi) is 9.13. The molecule has 0 bridgehead atoms. The molecule has 4 amide bonds. The van der Waals surface area contributed by atoms with Gasteiger partial charge in [0.2, 0.25) is 23.6 Å². The average molecular weight is 359 g/mol. The van der Waals surface area contributed by atoms with E-state index in [2.05, 4.69) is 16.0 Å². The van der Waals surface area contributed by atoms with Crippen LogP contribution in [0, 0.1) is 5.92 Å². The molecule has 8 N–H and O–H groups in total. The number of carbonyl (C=O) groups is 5. The summed E-state index contributed by atoms with van der Waals surface area (Å²) in [5, 5.41) is 15.9. The molecule has 0 radical (unpaired) electrons. The third kappa shape index (κ3) is 8.11. The molecule has 0 unspecified atom stereocenters. The van der Waals surface area contributed by atoms with Crippen molar-refractivity contribution in [2.75, 3.05) is 6.54 Å². The Morgan fingerprint density at radius 3 is 1.92 bits per heavy atom. The number of rotatable bonds is 10. The van der Waals surface area contributed by atoms with Gasteiger partial charge in [-0.1, -0.05) is 13.8 Å². The number of carboxylic acids is 1. The first kappa shape index (κ1) is 22.3. The molecule has 0 aromatic rings. The summed E-state index contributed by atoms with van der Waals surface area (Å²) in [7, 11) is 0. The van der Waals surface area contributed by atoms with Crippen LogP contribution in [0.2, 0.25) is 0 Å². The first-order valence-electron chi connectivity index (χ1n) is 7.60. The number of hydrogen-bond acceptors (Lipinski definition) is 6. The number of amides is 4. The lowest BCUT2D eigenvalue weighted by Gasteiger charge is -2.23. The quantitative estimate of drug-likeness (QED) is 0.239. The highest BCUT2D eigenvalue weighted by atomic mass is 16.4. The van der Waals surface area contributed by atoms with Crippen LogP contribution in [0.1, 0.15) is 27.2 Å². The van der Waals surface area contributed by atoms with Crippen molar-refractivity contribution in [3.05, 3.63) is 0 Å². The van der Waals surface area contributed by atoms with E-state index in [0.29, 0.717) is 0 Å². The maximum absolute atomic E-state index is 12.1. The first-order valence-corrected chi connectivity index (χ1v) is 7.60. The van der Waals surface area contributed by atoms with Gasteiger partial charge in [0.15, 0.2) is 0 Å². The van der Waals surface area contributed by atoms with Crippen LogP contribution in [0.5, 0.6) is 0 Å². The molecule has 0 aliphatic heterocycles. The summed E-state index contributed by atoms with van der Waals surface area (Å²) in [6, 6.07) is -3.51.